The number of nitrogens with zero attached hydrogens (tertiary/aromatic N) is 1. The van der Waals surface area contributed by atoms with E-state index in [4.69, 9.17) is 15.2 Å². The van der Waals surface area contributed by atoms with Crippen LogP contribution in [-0.4, -0.2) is 104 Å². The van der Waals surface area contributed by atoms with Gasteiger partial charge in [-0.15, -0.1) is 0 Å². The van der Waals surface area contributed by atoms with E-state index in [2.05, 4.69) is 6.92 Å². The van der Waals surface area contributed by atoms with Crippen LogP contribution in [0.25, 0.3) is 0 Å². The Morgan fingerprint density at radius 3 is 2.29 bits per heavy atom. The topological polar surface area (TPSA) is 166 Å². The Bertz CT molecular complexity index is 698. The summed E-state index contributed by atoms with van der Waals surface area (Å²) in [4.78, 5) is 13.9. The molecule has 0 aromatic rings. The fraction of sp³-hybridized carbons (Fsp3) is 0.964. The van der Waals surface area contributed by atoms with Crippen molar-refractivity contribution in [2.45, 2.75) is 136 Å². The van der Waals surface area contributed by atoms with E-state index in [-0.39, 0.29) is 24.3 Å². The summed E-state index contributed by atoms with van der Waals surface area (Å²) in [7, 11) is 1.92. The van der Waals surface area contributed by atoms with Crippen LogP contribution in [0, 0.1) is 23.7 Å². The molecule has 0 aromatic carbocycles. The smallest absolute Gasteiger partial charge is 0.308 e. The van der Waals surface area contributed by atoms with Crippen molar-refractivity contribution < 1.29 is 39.8 Å². The second-order valence-electron chi connectivity index (χ2n) is 12.3. The zero-order valence-electron chi connectivity index (χ0n) is 24.9. The second-order valence-corrected chi connectivity index (χ2v) is 12.3. The number of nitrogens with two attached hydrogens (primary N) is 1. The predicted octanol–water partition coefficient (Wildman–Crippen LogP) is 1.81. The number of carbonyl (C=O) groups is 1. The number of carboxylic acids is 1. The van der Waals surface area contributed by atoms with Gasteiger partial charge in [-0.25, -0.2) is 0 Å². The molecule has 1 heterocycles. The van der Waals surface area contributed by atoms with E-state index in [1.165, 1.54) is 0 Å². The van der Waals surface area contributed by atoms with Gasteiger partial charge in [-0.05, 0) is 59.4 Å². The molecule has 4 unspecified atom stereocenters. The maximum atomic E-state index is 11.9. The van der Waals surface area contributed by atoms with Crippen LogP contribution in [-0.2, 0) is 14.3 Å². The minimum Gasteiger partial charge on any atom is -0.481 e. The van der Waals surface area contributed by atoms with Crippen LogP contribution in [0.15, 0.2) is 0 Å². The molecule has 1 rings (SSSR count). The predicted molar refractivity (Wildman–Crippen MR) is 146 cm³/mol. The highest BCUT2D eigenvalue weighted by Gasteiger charge is 2.41. The molecule has 1 aliphatic heterocycles. The lowest BCUT2D eigenvalue weighted by Gasteiger charge is -2.41. The van der Waals surface area contributed by atoms with Crippen LogP contribution in [0.2, 0.25) is 0 Å². The normalized spacial score (nSPS) is 30.5. The van der Waals surface area contributed by atoms with Gasteiger partial charge in [-0.1, -0.05) is 34.1 Å². The molecule has 13 atom stereocenters. The molecule has 10 heteroatoms. The van der Waals surface area contributed by atoms with E-state index in [0.717, 1.165) is 6.42 Å². The number of likely N-dealkylation sites (N-methyl/N-ethyl adjacent to an activating group) is 1. The summed E-state index contributed by atoms with van der Waals surface area (Å²) in [6.45, 7) is 15.2. The number of aliphatic hydroxyl groups is 4. The molecule has 0 saturated carbocycles. The van der Waals surface area contributed by atoms with Crippen molar-refractivity contribution in [3.8, 4) is 0 Å². The van der Waals surface area contributed by atoms with Gasteiger partial charge in [0.05, 0.1) is 42.0 Å². The van der Waals surface area contributed by atoms with E-state index in [9.17, 15) is 30.3 Å². The lowest BCUT2D eigenvalue weighted by atomic mass is 9.81. The van der Waals surface area contributed by atoms with E-state index in [0.29, 0.717) is 19.4 Å². The molecule has 0 aromatic heterocycles. The Balaban J connectivity index is 2.83. The van der Waals surface area contributed by atoms with Gasteiger partial charge in [0, 0.05) is 31.0 Å². The summed E-state index contributed by atoms with van der Waals surface area (Å²) in [5.74, 6) is -2.42. The van der Waals surface area contributed by atoms with Crippen LogP contribution >= 0.6 is 0 Å². The molecule has 1 aliphatic rings. The molecule has 226 valence electrons. The summed E-state index contributed by atoms with van der Waals surface area (Å²) in [5.41, 5.74) is 4.85. The molecule has 7 N–H and O–H groups in total. The van der Waals surface area contributed by atoms with Gasteiger partial charge < -0.3 is 45.6 Å². The molecule has 1 saturated heterocycles. The first-order valence-electron chi connectivity index (χ1n) is 14.2. The van der Waals surface area contributed by atoms with E-state index in [1.54, 1.807) is 27.7 Å². The first kappa shape index (κ1) is 35.2. The molecule has 38 heavy (non-hydrogen) atoms. The molecular formula is C28H56N2O8. The average Bonchev–Trinajstić information content (AvgIpc) is 2.82. The molecule has 10 nitrogen and oxygen atoms in total. The first-order chi connectivity index (χ1) is 17.4. The Kier molecular flexibility index (Phi) is 14.1. The van der Waals surface area contributed by atoms with Gasteiger partial charge in [-0.3, -0.25) is 4.79 Å². The Morgan fingerprint density at radius 1 is 1.21 bits per heavy atom. The SMILES string of the molecule is CCCC(C)(O)[C@H](O)[C@@H](C)N(C)C[C@H](C)C[C@H](C)[C@@H](O)[C@@H](C)C(O[C@H]1CC(N)[C@H](O)C(C)O1)[C@@H](C)C(=O)O. The van der Waals surface area contributed by atoms with Crippen molar-refractivity contribution in [1.29, 1.82) is 0 Å². The van der Waals surface area contributed by atoms with Crippen molar-refractivity contribution in [2.75, 3.05) is 13.6 Å². The number of rotatable bonds is 16. The van der Waals surface area contributed by atoms with E-state index >= 15 is 0 Å². The fourth-order valence-corrected chi connectivity index (χ4v) is 5.82. The number of ether oxygens (including phenoxy) is 2. The molecule has 0 bridgehead atoms. The standard InChI is InChI=1S/C28H56N2O8/c1-10-11-28(8,36)26(33)19(6)30(9)14-15(2)12-16(3)23(31)17(4)25(18(5)27(34)35)38-22-13-21(29)24(32)20(7)37-22/h15-26,31-33,36H,10-14,29H2,1-9H3,(H,34,35)/t15-,16+,17-,18-,19-,20?,21?,22+,23-,24-,25?,26-,28?/m1/s1. The maximum Gasteiger partial charge on any atom is 0.308 e. The van der Waals surface area contributed by atoms with Crippen LogP contribution in [0.4, 0.5) is 0 Å². The molecule has 0 amide bonds. The molecule has 1 fully saturated rings. The highest BCUT2D eigenvalue weighted by Crippen LogP contribution is 2.31. The largest absolute Gasteiger partial charge is 0.481 e. The van der Waals surface area contributed by atoms with Gasteiger partial charge >= 0.3 is 5.97 Å². The van der Waals surface area contributed by atoms with Crippen LogP contribution in [0.3, 0.4) is 0 Å². The fourth-order valence-electron chi connectivity index (χ4n) is 5.82. The lowest BCUT2D eigenvalue weighted by Crippen LogP contribution is -2.54. The first-order valence-corrected chi connectivity index (χ1v) is 14.2. The lowest BCUT2D eigenvalue weighted by molar-refractivity contribution is -0.256. The third-order valence-corrected chi connectivity index (χ3v) is 8.50. The zero-order chi connectivity index (χ0) is 29.5. The van der Waals surface area contributed by atoms with Gasteiger partial charge in [0.1, 0.15) is 0 Å². The molecular weight excluding hydrogens is 492 g/mol. The molecule has 0 aliphatic carbocycles. The van der Waals surface area contributed by atoms with Gasteiger partial charge in [0.25, 0.3) is 0 Å². The van der Waals surface area contributed by atoms with Crippen molar-refractivity contribution in [3.05, 3.63) is 0 Å². The highest BCUT2D eigenvalue weighted by molar-refractivity contribution is 5.70. The van der Waals surface area contributed by atoms with Crippen molar-refractivity contribution in [1.82, 2.24) is 4.90 Å². The second kappa shape index (κ2) is 15.2. The quantitative estimate of drug-likeness (QED) is 0.167. The molecule has 0 radical (unpaired) electrons. The third kappa shape index (κ3) is 9.66. The molecule has 0 spiro atoms. The van der Waals surface area contributed by atoms with Crippen molar-refractivity contribution in [3.63, 3.8) is 0 Å². The number of hydrogen-bond acceptors (Lipinski definition) is 9. The van der Waals surface area contributed by atoms with E-state index < -0.39 is 66.3 Å². The minimum atomic E-state index is -1.16. The number of carboxylic acid groups (broad SMARTS) is 1. The minimum absolute atomic E-state index is 0.154. The number of aliphatic hydroxyl groups excluding tert-OH is 3. The van der Waals surface area contributed by atoms with Crippen LogP contribution < -0.4 is 5.73 Å². The Morgan fingerprint density at radius 2 is 1.79 bits per heavy atom. The van der Waals surface area contributed by atoms with Crippen molar-refractivity contribution in [2.24, 2.45) is 29.4 Å². The maximum absolute atomic E-state index is 11.9. The highest BCUT2D eigenvalue weighted by atomic mass is 16.7. The number of aliphatic carboxylic acids is 1. The summed E-state index contributed by atoms with van der Waals surface area (Å²) in [5, 5.41) is 52.4. The van der Waals surface area contributed by atoms with Crippen molar-refractivity contribution >= 4 is 5.97 Å². The average molecular weight is 549 g/mol. The summed E-state index contributed by atoms with van der Waals surface area (Å²) >= 11 is 0. The Hall–Kier alpha value is -0.850. The summed E-state index contributed by atoms with van der Waals surface area (Å²) in [6.07, 6.45) is -2.50. The van der Waals surface area contributed by atoms with Gasteiger partial charge in [-0.2, -0.15) is 0 Å². The number of hydrogen-bond donors (Lipinski definition) is 6. The van der Waals surface area contributed by atoms with Gasteiger partial charge in [0.15, 0.2) is 6.29 Å². The monoisotopic (exact) mass is 548 g/mol. The van der Waals surface area contributed by atoms with Crippen LogP contribution in [0.1, 0.15) is 81.1 Å². The van der Waals surface area contributed by atoms with Crippen LogP contribution in [0.5, 0.6) is 0 Å². The van der Waals surface area contributed by atoms with Gasteiger partial charge in [0.2, 0.25) is 0 Å². The van der Waals surface area contributed by atoms with E-state index in [1.807, 2.05) is 32.7 Å². The Labute approximate surface area is 229 Å². The summed E-state index contributed by atoms with van der Waals surface area (Å²) in [6, 6.07) is -0.803. The zero-order valence-corrected chi connectivity index (χ0v) is 24.9. The third-order valence-electron chi connectivity index (χ3n) is 8.50. The summed E-state index contributed by atoms with van der Waals surface area (Å²) < 4.78 is 11.8.